The first-order chi connectivity index (χ1) is 14.2. The number of thiophene rings is 1. The van der Waals surface area contributed by atoms with E-state index >= 15 is 0 Å². The molecule has 2 aromatic heterocycles. The number of benzene rings is 2. The summed E-state index contributed by atoms with van der Waals surface area (Å²) >= 11 is 5.46. The van der Waals surface area contributed by atoms with E-state index in [2.05, 4.69) is 91.6 Å². The molecule has 0 amide bonds. The zero-order valence-corrected chi connectivity index (χ0v) is 18.6. The molecule has 29 heavy (non-hydrogen) atoms. The van der Waals surface area contributed by atoms with Crippen LogP contribution in [0.5, 0.6) is 0 Å². The molecule has 0 radical (unpaired) electrons. The normalized spacial score (nSPS) is 14.1. The van der Waals surface area contributed by atoms with Crippen molar-refractivity contribution >= 4 is 49.0 Å². The van der Waals surface area contributed by atoms with Crippen LogP contribution in [0, 0.1) is 6.92 Å². The Hall–Kier alpha value is -2.28. The molecule has 0 saturated carbocycles. The highest BCUT2D eigenvalue weighted by Gasteiger charge is 2.24. The van der Waals surface area contributed by atoms with E-state index in [-0.39, 0.29) is 0 Å². The summed E-state index contributed by atoms with van der Waals surface area (Å²) < 4.78 is 1.04. The van der Waals surface area contributed by atoms with Gasteiger partial charge in [0.1, 0.15) is 17.0 Å². The molecule has 4 nitrogen and oxygen atoms in total. The summed E-state index contributed by atoms with van der Waals surface area (Å²) in [6, 6.07) is 17.0. The third kappa shape index (κ3) is 3.80. The fourth-order valence-electron chi connectivity index (χ4n) is 3.90. The first-order valence-corrected chi connectivity index (χ1v) is 11.3. The highest BCUT2D eigenvalue weighted by Crippen LogP contribution is 2.39. The minimum Gasteiger partial charge on any atom is -0.339 e. The van der Waals surface area contributed by atoms with E-state index < -0.39 is 0 Å². The van der Waals surface area contributed by atoms with E-state index in [4.69, 9.17) is 0 Å². The van der Waals surface area contributed by atoms with Crippen LogP contribution in [-0.4, -0.2) is 21.4 Å². The van der Waals surface area contributed by atoms with Crippen LogP contribution >= 0.6 is 27.3 Å². The SMILES string of the molecule is Cc1ccc(Nc2ncnc3sc4c(c23)CCN(Cc2ccccc2)C4)c(Br)c1. The molecule has 2 aromatic carbocycles. The van der Waals surface area contributed by atoms with Gasteiger partial charge in [0.25, 0.3) is 0 Å². The monoisotopic (exact) mass is 464 g/mol. The van der Waals surface area contributed by atoms with Crippen LogP contribution in [0.1, 0.15) is 21.6 Å². The van der Waals surface area contributed by atoms with Crippen molar-refractivity contribution in [2.75, 3.05) is 11.9 Å². The van der Waals surface area contributed by atoms with E-state index in [0.29, 0.717) is 0 Å². The Morgan fingerprint density at radius 3 is 2.83 bits per heavy atom. The largest absolute Gasteiger partial charge is 0.339 e. The van der Waals surface area contributed by atoms with Crippen molar-refractivity contribution in [3.05, 3.63) is 80.9 Å². The maximum Gasteiger partial charge on any atom is 0.142 e. The second kappa shape index (κ2) is 7.86. The van der Waals surface area contributed by atoms with Crippen molar-refractivity contribution in [2.24, 2.45) is 0 Å². The van der Waals surface area contributed by atoms with Gasteiger partial charge >= 0.3 is 0 Å². The minimum atomic E-state index is 0.897. The van der Waals surface area contributed by atoms with E-state index in [1.165, 1.54) is 27.0 Å². The number of fused-ring (bicyclic) bond motifs is 3. The average molecular weight is 465 g/mol. The standard InChI is InChI=1S/C23H21BrN4S/c1-15-7-8-19(18(24)11-15)27-22-21-17-9-10-28(12-16-5-3-2-4-6-16)13-20(17)29-23(21)26-14-25-22/h2-8,11,14H,9-10,12-13H2,1H3,(H,25,26,27). The third-order valence-electron chi connectivity index (χ3n) is 5.34. The molecule has 0 unspecified atom stereocenters. The maximum absolute atomic E-state index is 4.58. The van der Waals surface area contributed by atoms with Gasteiger partial charge in [-0.2, -0.15) is 0 Å². The van der Waals surface area contributed by atoms with Gasteiger partial charge in [-0.1, -0.05) is 36.4 Å². The van der Waals surface area contributed by atoms with Crippen LogP contribution in [0.2, 0.25) is 0 Å². The lowest BCUT2D eigenvalue weighted by atomic mass is 10.0. The first kappa shape index (κ1) is 18.7. The second-order valence-electron chi connectivity index (χ2n) is 7.46. The summed E-state index contributed by atoms with van der Waals surface area (Å²) in [4.78, 5) is 14.1. The molecule has 0 fully saturated rings. The van der Waals surface area contributed by atoms with Crippen molar-refractivity contribution in [3.63, 3.8) is 0 Å². The minimum absolute atomic E-state index is 0.897. The summed E-state index contributed by atoms with van der Waals surface area (Å²) in [6.07, 6.45) is 2.69. The molecule has 4 aromatic rings. The summed E-state index contributed by atoms with van der Waals surface area (Å²) in [5.74, 6) is 0.897. The molecule has 6 heteroatoms. The van der Waals surface area contributed by atoms with Crippen molar-refractivity contribution < 1.29 is 0 Å². The maximum atomic E-state index is 4.58. The molecule has 0 aliphatic carbocycles. The van der Waals surface area contributed by atoms with Gasteiger partial charge in [0.05, 0.1) is 11.1 Å². The number of rotatable bonds is 4. The van der Waals surface area contributed by atoms with Crippen molar-refractivity contribution in [3.8, 4) is 0 Å². The molecule has 146 valence electrons. The highest BCUT2D eigenvalue weighted by atomic mass is 79.9. The smallest absolute Gasteiger partial charge is 0.142 e. The van der Waals surface area contributed by atoms with Crippen LogP contribution in [0.15, 0.2) is 59.3 Å². The van der Waals surface area contributed by atoms with Crippen molar-refractivity contribution in [1.82, 2.24) is 14.9 Å². The number of halogens is 1. The first-order valence-electron chi connectivity index (χ1n) is 9.72. The third-order valence-corrected chi connectivity index (χ3v) is 7.12. The Bertz CT molecular complexity index is 1170. The fraction of sp³-hybridized carbons (Fsp3) is 0.217. The zero-order valence-electron chi connectivity index (χ0n) is 16.2. The molecule has 1 aliphatic rings. The molecule has 0 atom stereocenters. The van der Waals surface area contributed by atoms with Gasteiger partial charge < -0.3 is 5.32 Å². The Balaban J connectivity index is 1.45. The van der Waals surface area contributed by atoms with Crippen LogP contribution in [0.3, 0.4) is 0 Å². The van der Waals surface area contributed by atoms with E-state index in [0.717, 1.165) is 46.9 Å². The fourth-order valence-corrected chi connectivity index (χ4v) is 5.72. The summed E-state index contributed by atoms with van der Waals surface area (Å²) in [5.41, 5.74) is 5.02. The van der Waals surface area contributed by atoms with E-state index in [9.17, 15) is 0 Å². The number of anilines is 2. The predicted octanol–water partition coefficient (Wildman–Crippen LogP) is 6.06. The van der Waals surface area contributed by atoms with Crippen molar-refractivity contribution in [1.29, 1.82) is 0 Å². The number of aryl methyl sites for hydroxylation is 1. The highest BCUT2D eigenvalue weighted by molar-refractivity contribution is 9.10. The van der Waals surface area contributed by atoms with Gasteiger partial charge in [-0.15, -0.1) is 11.3 Å². The topological polar surface area (TPSA) is 41.1 Å². The van der Waals surface area contributed by atoms with Gasteiger partial charge in [0.15, 0.2) is 0 Å². The summed E-state index contributed by atoms with van der Waals surface area (Å²) in [6.45, 7) is 5.10. The number of nitrogens with zero attached hydrogens (tertiary/aromatic N) is 3. The van der Waals surface area contributed by atoms with E-state index in [1.54, 1.807) is 17.7 Å². The van der Waals surface area contributed by atoms with Crippen LogP contribution in [-0.2, 0) is 19.5 Å². The summed E-state index contributed by atoms with van der Waals surface area (Å²) in [7, 11) is 0. The lowest BCUT2D eigenvalue weighted by Gasteiger charge is -2.27. The molecule has 1 N–H and O–H groups in total. The number of hydrogen-bond donors (Lipinski definition) is 1. The molecule has 1 aliphatic heterocycles. The Kier molecular flexibility index (Phi) is 5.08. The number of nitrogens with one attached hydrogen (secondary N) is 1. The van der Waals surface area contributed by atoms with Gasteiger partial charge in [-0.25, -0.2) is 9.97 Å². The van der Waals surface area contributed by atoms with Crippen LogP contribution in [0.4, 0.5) is 11.5 Å². The molecule has 0 spiro atoms. The molecule has 0 saturated heterocycles. The zero-order chi connectivity index (χ0) is 19.8. The quantitative estimate of drug-likeness (QED) is 0.398. The van der Waals surface area contributed by atoms with E-state index in [1.807, 2.05) is 0 Å². The molecule has 5 rings (SSSR count). The Morgan fingerprint density at radius 2 is 2.00 bits per heavy atom. The van der Waals surface area contributed by atoms with Gasteiger partial charge in [-0.05, 0) is 58.1 Å². The Labute approximate surface area is 182 Å². The predicted molar refractivity (Wildman–Crippen MR) is 124 cm³/mol. The Morgan fingerprint density at radius 1 is 1.14 bits per heavy atom. The van der Waals surface area contributed by atoms with Crippen LogP contribution in [0.25, 0.3) is 10.2 Å². The molecule has 0 bridgehead atoms. The molecular formula is C23H21BrN4S. The van der Waals surface area contributed by atoms with Gasteiger partial charge in [-0.3, -0.25) is 4.90 Å². The molecular weight excluding hydrogens is 444 g/mol. The second-order valence-corrected chi connectivity index (χ2v) is 9.40. The summed E-state index contributed by atoms with van der Waals surface area (Å²) in [5, 5.41) is 4.70. The number of hydrogen-bond acceptors (Lipinski definition) is 5. The van der Waals surface area contributed by atoms with Gasteiger partial charge in [0.2, 0.25) is 0 Å². The average Bonchev–Trinajstić information content (AvgIpc) is 3.09. The van der Waals surface area contributed by atoms with Crippen molar-refractivity contribution in [2.45, 2.75) is 26.4 Å². The lowest BCUT2D eigenvalue weighted by Crippen LogP contribution is -2.29. The van der Waals surface area contributed by atoms with Gasteiger partial charge in [0, 0.05) is 29.0 Å². The lowest BCUT2D eigenvalue weighted by molar-refractivity contribution is 0.249. The number of aromatic nitrogens is 2. The van der Waals surface area contributed by atoms with Crippen LogP contribution < -0.4 is 5.32 Å². The molecule has 3 heterocycles.